The average Bonchev–Trinajstić information content (AvgIpc) is 3.03. The van der Waals surface area contributed by atoms with E-state index in [0.29, 0.717) is 17.8 Å². The van der Waals surface area contributed by atoms with E-state index in [9.17, 15) is 4.79 Å². The van der Waals surface area contributed by atoms with Gasteiger partial charge in [-0.15, -0.1) is 22.7 Å². The third kappa shape index (κ3) is 4.39. The van der Waals surface area contributed by atoms with Gasteiger partial charge in [-0.3, -0.25) is 4.79 Å². The van der Waals surface area contributed by atoms with Gasteiger partial charge in [0.25, 0.3) is 5.91 Å². The molecule has 2 heterocycles. The molecule has 0 aliphatic heterocycles. The number of aryl methyl sites for hydroxylation is 2. The molecule has 2 aromatic rings. The first kappa shape index (κ1) is 15.7. The molecule has 0 saturated carbocycles. The van der Waals surface area contributed by atoms with Crippen LogP contribution in [0.5, 0.6) is 0 Å². The van der Waals surface area contributed by atoms with Gasteiger partial charge in [-0.25, -0.2) is 4.98 Å². The van der Waals surface area contributed by atoms with Crippen LogP contribution in [0.2, 0.25) is 0 Å². The number of thiophene rings is 1. The van der Waals surface area contributed by atoms with Crippen LogP contribution < -0.4 is 5.32 Å². The van der Waals surface area contributed by atoms with E-state index in [1.807, 2.05) is 25.3 Å². The van der Waals surface area contributed by atoms with Crippen LogP contribution >= 0.6 is 22.7 Å². The summed E-state index contributed by atoms with van der Waals surface area (Å²) in [4.78, 5) is 18.1. The summed E-state index contributed by atoms with van der Waals surface area (Å²) in [6, 6.07) is 1.96. The number of amides is 1. The van der Waals surface area contributed by atoms with Gasteiger partial charge in [0, 0.05) is 22.2 Å². The summed E-state index contributed by atoms with van der Waals surface area (Å²) in [7, 11) is 0. The van der Waals surface area contributed by atoms with E-state index in [1.165, 1.54) is 11.3 Å². The third-order valence-electron chi connectivity index (χ3n) is 2.66. The second-order valence-corrected chi connectivity index (χ2v) is 6.61. The predicted octanol–water partition coefficient (Wildman–Crippen LogP) is 2.49. The molecule has 0 spiro atoms. The van der Waals surface area contributed by atoms with Crippen molar-refractivity contribution in [1.82, 2.24) is 10.3 Å². The maximum absolute atomic E-state index is 12.1. The highest BCUT2D eigenvalue weighted by Crippen LogP contribution is 2.18. The number of carbonyl (C=O) groups is 1. The Bertz CT molecular complexity index is 692. The lowest BCUT2D eigenvalue weighted by Crippen LogP contribution is -2.22. The highest BCUT2D eigenvalue weighted by atomic mass is 32.1. The topological polar surface area (TPSA) is 62.2 Å². The smallest absolute Gasteiger partial charge is 0.263 e. The van der Waals surface area contributed by atoms with Crippen LogP contribution in [0.4, 0.5) is 0 Å². The van der Waals surface area contributed by atoms with Crippen LogP contribution in [0.15, 0.2) is 11.4 Å². The number of carbonyl (C=O) groups excluding carboxylic acids is 1. The Morgan fingerprint density at radius 1 is 1.48 bits per heavy atom. The minimum atomic E-state index is -0.0839. The van der Waals surface area contributed by atoms with Crippen LogP contribution in [0.3, 0.4) is 0 Å². The number of aliphatic hydroxyl groups excluding tert-OH is 1. The molecule has 0 radical (unpaired) electrons. The highest BCUT2D eigenvalue weighted by Gasteiger charge is 2.13. The van der Waals surface area contributed by atoms with E-state index in [-0.39, 0.29) is 12.5 Å². The van der Waals surface area contributed by atoms with Crippen molar-refractivity contribution in [1.29, 1.82) is 0 Å². The van der Waals surface area contributed by atoms with E-state index in [0.717, 1.165) is 21.1 Å². The highest BCUT2D eigenvalue weighted by molar-refractivity contribution is 7.13. The summed E-state index contributed by atoms with van der Waals surface area (Å²) >= 11 is 2.97. The Morgan fingerprint density at radius 2 is 2.29 bits per heavy atom. The zero-order valence-electron chi connectivity index (χ0n) is 11.9. The number of hydrogen-bond donors (Lipinski definition) is 2. The normalized spacial score (nSPS) is 10.0. The Kier molecular flexibility index (Phi) is 5.51. The number of rotatable bonds is 4. The predicted molar refractivity (Wildman–Crippen MR) is 85.7 cm³/mol. The molecule has 0 aliphatic carbocycles. The van der Waals surface area contributed by atoms with Crippen LogP contribution in [0, 0.1) is 25.7 Å². The minimum absolute atomic E-state index is 0.0771. The van der Waals surface area contributed by atoms with E-state index in [1.54, 1.807) is 11.3 Å². The molecule has 0 bridgehead atoms. The van der Waals surface area contributed by atoms with Crippen LogP contribution in [0.1, 0.15) is 37.2 Å². The van der Waals surface area contributed by atoms with Gasteiger partial charge in [0.2, 0.25) is 0 Å². The van der Waals surface area contributed by atoms with Gasteiger partial charge in [-0.2, -0.15) is 0 Å². The fourth-order valence-electron chi connectivity index (χ4n) is 1.75. The van der Waals surface area contributed by atoms with E-state index in [4.69, 9.17) is 5.11 Å². The van der Waals surface area contributed by atoms with Gasteiger partial charge in [0.15, 0.2) is 0 Å². The Hall–Kier alpha value is -1.68. The summed E-state index contributed by atoms with van der Waals surface area (Å²) in [6.07, 6.45) is 0.478. The monoisotopic (exact) mass is 320 g/mol. The van der Waals surface area contributed by atoms with Gasteiger partial charge < -0.3 is 10.4 Å². The molecule has 0 aliphatic rings. The lowest BCUT2D eigenvalue weighted by Gasteiger charge is -2.01. The van der Waals surface area contributed by atoms with Crippen LogP contribution in [-0.2, 0) is 6.54 Å². The maximum atomic E-state index is 12.1. The molecule has 2 aromatic heterocycles. The number of nitrogens with one attached hydrogen (secondary N) is 1. The molecular formula is C15H16N2O2S2. The Balaban J connectivity index is 1.93. The molecule has 0 saturated heterocycles. The quantitative estimate of drug-likeness (QED) is 0.851. The lowest BCUT2D eigenvalue weighted by atomic mass is 10.3. The van der Waals surface area contributed by atoms with Gasteiger partial charge in [-0.05, 0) is 19.9 Å². The summed E-state index contributed by atoms with van der Waals surface area (Å²) in [5.41, 5.74) is 1.69. The third-order valence-corrected chi connectivity index (χ3v) is 4.66. The Morgan fingerprint density at radius 3 is 2.95 bits per heavy atom. The molecule has 1 amide bonds. The average molecular weight is 320 g/mol. The van der Waals surface area contributed by atoms with Crippen molar-refractivity contribution in [3.05, 3.63) is 37.5 Å². The summed E-state index contributed by atoms with van der Waals surface area (Å²) < 4.78 is 0. The summed E-state index contributed by atoms with van der Waals surface area (Å²) in [5, 5.41) is 14.4. The molecule has 2 rings (SSSR count). The van der Waals surface area contributed by atoms with Gasteiger partial charge in [-0.1, -0.05) is 11.8 Å². The molecule has 6 heteroatoms. The molecule has 0 atom stereocenters. The molecule has 21 heavy (non-hydrogen) atoms. The van der Waals surface area contributed by atoms with Crippen LogP contribution in [-0.4, -0.2) is 22.6 Å². The van der Waals surface area contributed by atoms with Crippen molar-refractivity contribution in [3.8, 4) is 11.8 Å². The van der Waals surface area contributed by atoms with Gasteiger partial charge in [0.05, 0.1) is 23.9 Å². The van der Waals surface area contributed by atoms with E-state index in [2.05, 4.69) is 22.1 Å². The van der Waals surface area contributed by atoms with Crippen molar-refractivity contribution in [3.63, 3.8) is 0 Å². The minimum Gasteiger partial charge on any atom is -0.395 e. The second-order valence-electron chi connectivity index (χ2n) is 4.41. The number of aromatic nitrogens is 1. The molecular weight excluding hydrogens is 304 g/mol. The van der Waals surface area contributed by atoms with Crippen molar-refractivity contribution in [2.45, 2.75) is 26.8 Å². The van der Waals surface area contributed by atoms with Crippen molar-refractivity contribution in [2.75, 3.05) is 6.61 Å². The zero-order valence-corrected chi connectivity index (χ0v) is 13.5. The van der Waals surface area contributed by atoms with Gasteiger partial charge in [0.1, 0.15) is 4.88 Å². The fourth-order valence-corrected chi connectivity index (χ4v) is 3.34. The second kappa shape index (κ2) is 7.36. The van der Waals surface area contributed by atoms with Crippen molar-refractivity contribution < 1.29 is 9.90 Å². The Labute approximate surface area is 131 Å². The lowest BCUT2D eigenvalue weighted by molar-refractivity contribution is 0.0954. The number of aliphatic hydroxyl groups is 1. The molecule has 0 aromatic carbocycles. The molecule has 4 nitrogen and oxygen atoms in total. The molecule has 0 unspecified atom stereocenters. The van der Waals surface area contributed by atoms with E-state index >= 15 is 0 Å². The van der Waals surface area contributed by atoms with Crippen molar-refractivity contribution >= 4 is 28.6 Å². The molecule has 110 valence electrons. The van der Waals surface area contributed by atoms with Gasteiger partial charge >= 0.3 is 0 Å². The molecule has 0 fully saturated rings. The SMILES string of the molecule is Cc1nc(C)c(C(=O)NCc2cc(C#CCCO)cs2)s1. The largest absolute Gasteiger partial charge is 0.395 e. The number of thiazole rings is 1. The summed E-state index contributed by atoms with van der Waals surface area (Å²) in [5.74, 6) is 5.77. The number of hydrogen-bond acceptors (Lipinski definition) is 5. The zero-order chi connectivity index (χ0) is 15.2. The first-order valence-corrected chi connectivity index (χ1v) is 8.19. The standard InChI is InChI=1S/C15H16N2O2S2/c1-10-14(21-11(2)17-10)15(19)16-8-13-7-12(9-20-13)5-3-4-6-18/h7,9,18H,4,6,8H2,1-2H3,(H,16,19). The first-order valence-electron chi connectivity index (χ1n) is 6.49. The summed E-state index contributed by atoms with van der Waals surface area (Å²) in [6.45, 7) is 4.30. The van der Waals surface area contributed by atoms with E-state index < -0.39 is 0 Å². The number of nitrogens with zero attached hydrogens (tertiary/aromatic N) is 1. The maximum Gasteiger partial charge on any atom is 0.263 e. The van der Waals surface area contributed by atoms with Crippen molar-refractivity contribution in [2.24, 2.45) is 0 Å². The first-order chi connectivity index (χ1) is 10.1. The fraction of sp³-hybridized carbons (Fsp3) is 0.333. The van der Waals surface area contributed by atoms with Crippen LogP contribution in [0.25, 0.3) is 0 Å². The molecule has 2 N–H and O–H groups in total.